The second kappa shape index (κ2) is 16.4. The molecule has 2 aliphatic rings. The molecule has 1 aliphatic carbocycles. The minimum absolute atomic E-state index is 0.113. The number of thioether (sulfide) groups is 1. The summed E-state index contributed by atoms with van der Waals surface area (Å²) in [4.78, 5) is 37.5. The number of nitrogens with one attached hydrogen (secondary N) is 2. The lowest BCUT2D eigenvalue weighted by Crippen LogP contribution is -2.64. The van der Waals surface area contributed by atoms with Crippen LogP contribution in [-0.4, -0.2) is 103 Å². The molecule has 2 aromatic carbocycles. The van der Waals surface area contributed by atoms with Crippen molar-refractivity contribution in [2.75, 3.05) is 44.9 Å². The SMILES string of the molecule is COC(=O)C1(OCCCSCCN)CC(O)C(NC(C)=O)C(CC(O)CNC(=O)OCC2c3ccccc3-c3ccccc32)O1. The highest BCUT2D eigenvalue weighted by atomic mass is 32.2. The molecule has 1 aliphatic heterocycles. The van der Waals surface area contributed by atoms with Crippen LogP contribution in [0.25, 0.3) is 11.1 Å². The first-order chi connectivity index (χ1) is 21.7. The van der Waals surface area contributed by atoms with E-state index < -0.39 is 48.1 Å². The summed E-state index contributed by atoms with van der Waals surface area (Å²) in [6.07, 6.45) is -4.04. The Kier molecular flexibility index (Phi) is 12.6. The summed E-state index contributed by atoms with van der Waals surface area (Å²) < 4.78 is 22.5. The van der Waals surface area contributed by atoms with Gasteiger partial charge in [0.2, 0.25) is 5.91 Å². The van der Waals surface area contributed by atoms with Crippen molar-refractivity contribution in [2.24, 2.45) is 5.73 Å². The van der Waals surface area contributed by atoms with Gasteiger partial charge in [-0.1, -0.05) is 48.5 Å². The molecule has 0 radical (unpaired) electrons. The Hall–Kier alpha value is -3.20. The third-order valence-electron chi connectivity index (χ3n) is 7.86. The number of aliphatic hydroxyl groups is 2. The van der Waals surface area contributed by atoms with Crippen LogP contribution in [0.1, 0.15) is 43.2 Å². The van der Waals surface area contributed by atoms with Gasteiger partial charge in [0.15, 0.2) is 0 Å². The summed E-state index contributed by atoms with van der Waals surface area (Å²) in [5.41, 5.74) is 9.90. The number of hydrogen-bond donors (Lipinski definition) is 5. The number of nitrogens with two attached hydrogens (primary N) is 1. The fourth-order valence-electron chi connectivity index (χ4n) is 5.86. The van der Waals surface area contributed by atoms with E-state index in [0.717, 1.165) is 33.8 Å². The Bertz CT molecular complexity index is 1270. The van der Waals surface area contributed by atoms with Crippen LogP contribution < -0.4 is 16.4 Å². The molecule has 13 heteroatoms. The van der Waals surface area contributed by atoms with Gasteiger partial charge in [0, 0.05) is 44.5 Å². The molecule has 12 nitrogen and oxygen atoms in total. The molecule has 4 rings (SSSR count). The monoisotopic (exact) mass is 645 g/mol. The maximum atomic E-state index is 12.9. The molecule has 2 amide bonds. The van der Waals surface area contributed by atoms with Crippen molar-refractivity contribution in [1.29, 1.82) is 0 Å². The summed E-state index contributed by atoms with van der Waals surface area (Å²) in [7, 11) is 1.18. The van der Waals surface area contributed by atoms with Gasteiger partial charge in [-0.05, 0) is 34.4 Å². The van der Waals surface area contributed by atoms with Gasteiger partial charge in [0.1, 0.15) is 6.61 Å². The first-order valence-electron chi connectivity index (χ1n) is 15.1. The van der Waals surface area contributed by atoms with Gasteiger partial charge in [-0.25, -0.2) is 9.59 Å². The maximum absolute atomic E-state index is 12.9. The van der Waals surface area contributed by atoms with Crippen LogP contribution in [0.5, 0.6) is 0 Å². The Morgan fingerprint density at radius 2 is 1.78 bits per heavy atom. The minimum atomic E-state index is -1.94. The highest BCUT2D eigenvalue weighted by molar-refractivity contribution is 7.99. The molecule has 0 spiro atoms. The van der Waals surface area contributed by atoms with E-state index in [1.807, 2.05) is 48.5 Å². The number of aliphatic hydroxyl groups excluding tert-OH is 2. The fraction of sp³-hybridized carbons (Fsp3) is 0.531. The third kappa shape index (κ3) is 8.75. The van der Waals surface area contributed by atoms with Crippen LogP contribution in [0.4, 0.5) is 4.79 Å². The molecule has 0 saturated carbocycles. The van der Waals surface area contributed by atoms with Gasteiger partial charge in [0.05, 0.1) is 38.1 Å². The second-order valence-corrected chi connectivity index (χ2v) is 12.3. The quantitative estimate of drug-likeness (QED) is 0.141. The zero-order valence-corrected chi connectivity index (χ0v) is 26.4. The van der Waals surface area contributed by atoms with E-state index in [-0.39, 0.29) is 38.5 Å². The summed E-state index contributed by atoms with van der Waals surface area (Å²) in [5.74, 6) is -1.79. The Balaban J connectivity index is 1.35. The number of alkyl carbamates (subject to hydrolysis) is 1. The number of rotatable bonds is 15. The highest BCUT2D eigenvalue weighted by Crippen LogP contribution is 2.44. The van der Waals surface area contributed by atoms with Crippen molar-refractivity contribution in [3.05, 3.63) is 59.7 Å². The molecule has 246 valence electrons. The van der Waals surface area contributed by atoms with E-state index in [2.05, 4.69) is 10.6 Å². The molecule has 45 heavy (non-hydrogen) atoms. The number of benzene rings is 2. The number of fused-ring (bicyclic) bond motifs is 3. The molecule has 5 unspecified atom stereocenters. The predicted molar refractivity (Wildman–Crippen MR) is 168 cm³/mol. The van der Waals surface area contributed by atoms with Crippen molar-refractivity contribution in [3.8, 4) is 11.1 Å². The molecule has 0 aromatic heterocycles. The van der Waals surface area contributed by atoms with Gasteiger partial charge in [0.25, 0.3) is 5.79 Å². The van der Waals surface area contributed by atoms with Crippen LogP contribution in [0, 0.1) is 0 Å². The molecule has 1 heterocycles. The number of ether oxygens (including phenoxy) is 4. The van der Waals surface area contributed by atoms with Crippen molar-refractivity contribution >= 4 is 29.7 Å². The number of amides is 2. The second-order valence-electron chi connectivity index (χ2n) is 11.1. The summed E-state index contributed by atoms with van der Waals surface area (Å²) in [6, 6.07) is 15.0. The predicted octanol–water partition coefficient (Wildman–Crippen LogP) is 1.90. The van der Waals surface area contributed by atoms with Crippen LogP contribution >= 0.6 is 11.8 Å². The highest BCUT2D eigenvalue weighted by Gasteiger charge is 2.54. The van der Waals surface area contributed by atoms with Gasteiger partial charge in [-0.15, -0.1) is 0 Å². The lowest BCUT2D eigenvalue weighted by Gasteiger charge is -2.45. The van der Waals surface area contributed by atoms with Crippen molar-refractivity contribution in [2.45, 2.75) is 62.2 Å². The molecule has 0 bridgehead atoms. The van der Waals surface area contributed by atoms with Crippen LogP contribution in [0.2, 0.25) is 0 Å². The molecular weight excluding hydrogens is 602 g/mol. The maximum Gasteiger partial charge on any atom is 0.407 e. The van der Waals surface area contributed by atoms with Crippen LogP contribution in [0.3, 0.4) is 0 Å². The standard InChI is InChI=1S/C32H43N3O9S/c1-20(36)35-29-27(38)17-32(30(39)41-2,43-13-7-14-45-15-12-33)44-28(29)16-21(37)18-34-31(40)42-19-26-24-10-5-3-8-22(24)23-9-4-6-11-25(23)26/h3-6,8-11,21,26-29,37-38H,7,12-19,33H2,1-2H3,(H,34,40)(H,35,36). The zero-order valence-electron chi connectivity index (χ0n) is 25.6. The fourth-order valence-corrected chi connectivity index (χ4v) is 6.55. The largest absolute Gasteiger partial charge is 0.465 e. The molecular formula is C32H43N3O9S. The summed E-state index contributed by atoms with van der Waals surface area (Å²) >= 11 is 1.65. The Labute approximate surface area is 267 Å². The number of carbonyl (C=O) groups is 3. The van der Waals surface area contributed by atoms with Crippen molar-refractivity contribution in [1.82, 2.24) is 10.6 Å². The third-order valence-corrected chi connectivity index (χ3v) is 8.96. The van der Waals surface area contributed by atoms with Crippen LogP contribution in [-0.2, 0) is 28.5 Å². The molecule has 2 aromatic rings. The van der Waals surface area contributed by atoms with Crippen molar-refractivity contribution < 1.29 is 43.5 Å². The van der Waals surface area contributed by atoms with Crippen molar-refractivity contribution in [3.63, 3.8) is 0 Å². The Morgan fingerprint density at radius 1 is 1.11 bits per heavy atom. The lowest BCUT2D eigenvalue weighted by atomic mass is 9.90. The van der Waals surface area contributed by atoms with E-state index in [4.69, 9.17) is 24.7 Å². The Morgan fingerprint density at radius 3 is 2.40 bits per heavy atom. The molecule has 5 atom stereocenters. The number of esters is 1. The first kappa shape index (κ1) is 34.7. The van der Waals surface area contributed by atoms with E-state index in [1.54, 1.807) is 11.8 Å². The summed E-state index contributed by atoms with van der Waals surface area (Å²) in [6.45, 7) is 1.89. The van der Waals surface area contributed by atoms with E-state index in [9.17, 15) is 24.6 Å². The summed E-state index contributed by atoms with van der Waals surface area (Å²) in [5, 5.41) is 27.1. The number of hydrogen-bond acceptors (Lipinski definition) is 11. The average molecular weight is 646 g/mol. The van der Waals surface area contributed by atoms with E-state index in [0.29, 0.717) is 13.0 Å². The molecule has 1 saturated heterocycles. The van der Waals surface area contributed by atoms with Gasteiger partial charge < -0.3 is 45.5 Å². The molecule has 6 N–H and O–H groups in total. The number of methoxy groups -OCH3 is 1. The van der Waals surface area contributed by atoms with Gasteiger partial charge >= 0.3 is 12.1 Å². The van der Waals surface area contributed by atoms with E-state index >= 15 is 0 Å². The minimum Gasteiger partial charge on any atom is -0.465 e. The average Bonchev–Trinajstić information content (AvgIpc) is 3.35. The van der Waals surface area contributed by atoms with E-state index in [1.165, 1.54) is 14.0 Å². The topological polar surface area (TPSA) is 179 Å². The molecule has 1 fully saturated rings. The smallest absolute Gasteiger partial charge is 0.407 e. The number of carbonyl (C=O) groups excluding carboxylic acids is 3. The van der Waals surface area contributed by atoms with Gasteiger partial charge in [-0.2, -0.15) is 11.8 Å². The van der Waals surface area contributed by atoms with Gasteiger partial charge in [-0.3, -0.25) is 4.79 Å². The zero-order chi connectivity index (χ0) is 32.4. The lowest BCUT2D eigenvalue weighted by molar-refractivity contribution is -0.299. The van der Waals surface area contributed by atoms with Crippen LogP contribution in [0.15, 0.2) is 48.5 Å². The first-order valence-corrected chi connectivity index (χ1v) is 16.2. The normalized spacial score (nSPS) is 23.0.